The summed E-state index contributed by atoms with van der Waals surface area (Å²) in [5.41, 5.74) is -0.396. The summed E-state index contributed by atoms with van der Waals surface area (Å²) in [6.07, 6.45) is -15.6. The van der Waals surface area contributed by atoms with Crippen molar-refractivity contribution in [1.29, 1.82) is 0 Å². The Bertz CT molecular complexity index is 2020. The van der Waals surface area contributed by atoms with Gasteiger partial charge in [0.15, 0.2) is 25.0 Å². The Kier molecular flexibility index (Phi) is 15.2. The van der Waals surface area contributed by atoms with E-state index in [1.807, 2.05) is 6.92 Å². The quantitative estimate of drug-likeness (QED) is 0.0569. The van der Waals surface area contributed by atoms with Gasteiger partial charge in [-0.1, -0.05) is 60.1 Å². The molecule has 404 valence electrons. The van der Waals surface area contributed by atoms with E-state index in [2.05, 4.69) is 47.6 Å². The number of ether oxygens (including phenoxy) is 7. The van der Waals surface area contributed by atoms with Crippen LogP contribution in [-0.4, -0.2) is 186 Å². The third kappa shape index (κ3) is 9.02. The number of hydrogen-bond acceptors (Lipinski definition) is 18. The zero-order valence-electron chi connectivity index (χ0n) is 42.2. The van der Waals surface area contributed by atoms with E-state index in [9.17, 15) is 65.8 Å². The van der Waals surface area contributed by atoms with Crippen molar-refractivity contribution in [2.24, 2.45) is 50.2 Å². The molecule has 0 aromatic carbocycles. The molecule has 71 heavy (non-hydrogen) atoms. The molecule has 0 bridgehead atoms. The predicted octanol–water partition coefficient (Wildman–Crippen LogP) is 1.33. The molecule has 25 atom stereocenters. The Morgan fingerprint density at radius 2 is 1.32 bits per heavy atom. The van der Waals surface area contributed by atoms with Crippen molar-refractivity contribution in [3.63, 3.8) is 0 Å². The van der Waals surface area contributed by atoms with Gasteiger partial charge >= 0.3 is 11.9 Å². The monoisotopic (exact) mass is 1010 g/mol. The first-order valence-corrected chi connectivity index (χ1v) is 25.5. The van der Waals surface area contributed by atoms with Gasteiger partial charge in [-0.15, -0.1) is 0 Å². The number of aliphatic hydroxyl groups excluding tert-OH is 9. The third-order valence-electron chi connectivity index (χ3n) is 19.9. The molecular weight excluding hydrogens is 933 g/mol. The van der Waals surface area contributed by atoms with Gasteiger partial charge < -0.3 is 89.3 Å². The molecule has 3 heterocycles. The average molecular weight is 1010 g/mol. The highest BCUT2D eigenvalue weighted by Crippen LogP contribution is 2.76. The highest BCUT2D eigenvalue weighted by molar-refractivity contribution is 5.79. The first-order valence-electron chi connectivity index (χ1n) is 25.5. The lowest BCUT2D eigenvalue weighted by atomic mass is 9.33. The van der Waals surface area contributed by atoms with Gasteiger partial charge in [0, 0.05) is 10.8 Å². The number of carboxylic acids is 2. The minimum absolute atomic E-state index is 0.0506. The lowest BCUT2D eigenvalue weighted by Crippen LogP contribution is -2.68. The van der Waals surface area contributed by atoms with Crippen LogP contribution in [0.2, 0.25) is 0 Å². The van der Waals surface area contributed by atoms with Crippen molar-refractivity contribution in [3.8, 4) is 0 Å². The Balaban J connectivity index is 1.07. The van der Waals surface area contributed by atoms with E-state index < -0.39 is 122 Å². The van der Waals surface area contributed by atoms with Crippen molar-refractivity contribution in [3.05, 3.63) is 24.0 Å². The number of carboxylic acid groups (broad SMARTS) is 2. The molecular formula is C51H80O20. The lowest BCUT2D eigenvalue weighted by Gasteiger charge is -2.72. The molecule has 7 fully saturated rings. The fraction of sp³-hybridized carbons (Fsp3) is 0.882. The summed E-state index contributed by atoms with van der Waals surface area (Å²) < 4.78 is 42.6. The first-order chi connectivity index (χ1) is 33.1. The number of fused-ring (bicyclic) bond motifs is 7. The van der Waals surface area contributed by atoms with E-state index in [0.29, 0.717) is 12.8 Å². The highest BCUT2D eigenvalue weighted by Gasteiger charge is 2.70. The van der Waals surface area contributed by atoms with Crippen LogP contribution in [0.25, 0.3) is 0 Å². The van der Waals surface area contributed by atoms with Gasteiger partial charge in [0.25, 0.3) is 0 Å². The van der Waals surface area contributed by atoms with E-state index >= 15 is 0 Å². The molecule has 0 spiro atoms. The van der Waals surface area contributed by atoms with E-state index in [0.717, 1.165) is 51.0 Å². The van der Waals surface area contributed by atoms with Crippen LogP contribution in [0.5, 0.6) is 0 Å². The van der Waals surface area contributed by atoms with Gasteiger partial charge in [0.05, 0.1) is 37.8 Å². The molecule has 8 aliphatic rings. The fourth-order valence-corrected chi connectivity index (χ4v) is 15.5. The Hall–Kier alpha value is -2.38. The number of rotatable bonds is 12. The topological polar surface area (TPSA) is 321 Å². The van der Waals surface area contributed by atoms with Crippen LogP contribution in [0.4, 0.5) is 0 Å². The summed E-state index contributed by atoms with van der Waals surface area (Å²) in [6, 6.07) is 0. The summed E-state index contributed by atoms with van der Waals surface area (Å²) in [6.45, 7) is 16.2. The lowest BCUT2D eigenvalue weighted by molar-refractivity contribution is -0.396. The molecule has 0 amide bonds. The van der Waals surface area contributed by atoms with Gasteiger partial charge in [0.2, 0.25) is 0 Å². The minimum Gasteiger partial charge on any atom is -0.497 e. The number of hydrogen-bond donors (Lipinski definition) is 11. The van der Waals surface area contributed by atoms with Crippen molar-refractivity contribution in [1.82, 2.24) is 0 Å². The molecule has 0 aromatic rings. The molecule has 3 saturated heterocycles. The van der Waals surface area contributed by atoms with E-state index in [1.54, 1.807) is 0 Å². The molecule has 20 heteroatoms. The maximum absolute atomic E-state index is 12.5. The normalized spacial score (nSPS) is 52.8. The standard InChI is InChI=1S/C51H80O20/c1-23-32(56)34(58)38(62)43(66-23)70-40-35(59)33(57)26(21-52)67-44(40)71-41-37(61)36(60)39(42(63)64)69-45(41)68-29-12-14-48(5)27(49(29,6)22-53)11-15-51(8)28(48)10-9-24-25-19-46(2,3)20-30(65-18-13-31(54)55)47(25,4)16-17-50(24,51)7/h9,13,18,23,25-30,32-41,43-45,52-53,56-62H,10-12,14-17,19-22H2,1-8H3,(H,54,55)(H,63,64)/b18-13+/t23-,25?,26+,27?,28?,29-,30?,32-,33+,34+,35-,36-,37-,38+,39-,40+,41+,43-,44-,45+,47+,48-,49+,50+,51+/m0/s1. The van der Waals surface area contributed by atoms with E-state index in [1.165, 1.54) is 18.8 Å². The molecule has 4 saturated carbocycles. The fourth-order valence-electron chi connectivity index (χ4n) is 15.5. The van der Waals surface area contributed by atoms with Crippen molar-refractivity contribution in [2.75, 3.05) is 13.2 Å². The largest absolute Gasteiger partial charge is 0.497 e. The maximum Gasteiger partial charge on any atom is 0.335 e. The van der Waals surface area contributed by atoms with Crippen LogP contribution in [0.3, 0.4) is 0 Å². The summed E-state index contributed by atoms with van der Waals surface area (Å²) in [5, 5.41) is 118. The summed E-state index contributed by atoms with van der Waals surface area (Å²) in [7, 11) is 0. The van der Waals surface area contributed by atoms with Crippen LogP contribution < -0.4 is 0 Å². The van der Waals surface area contributed by atoms with Crippen molar-refractivity contribution < 1.29 is 98.9 Å². The molecule has 8 rings (SSSR count). The number of carbonyl (C=O) groups is 2. The summed E-state index contributed by atoms with van der Waals surface area (Å²) in [5.74, 6) is -2.37. The first kappa shape index (κ1) is 54.9. The summed E-state index contributed by atoms with van der Waals surface area (Å²) in [4.78, 5) is 23.9. The minimum atomic E-state index is -2.09. The average Bonchev–Trinajstić information content (AvgIpc) is 3.30. The van der Waals surface area contributed by atoms with Crippen molar-refractivity contribution in [2.45, 2.75) is 218 Å². The van der Waals surface area contributed by atoms with Crippen LogP contribution in [0, 0.1) is 50.2 Å². The van der Waals surface area contributed by atoms with Crippen LogP contribution in [0.15, 0.2) is 24.0 Å². The van der Waals surface area contributed by atoms with Crippen molar-refractivity contribution >= 4 is 11.9 Å². The molecule has 0 radical (unpaired) electrons. The smallest absolute Gasteiger partial charge is 0.335 e. The van der Waals surface area contributed by atoms with Crippen LogP contribution in [0.1, 0.15) is 113 Å². The zero-order chi connectivity index (χ0) is 52.1. The Labute approximate surface area is 414 Å². The second-order valence-electron chi connectivity index (χ2n) is 24.4. The van der Waals surface area contributed by atoms with Crippen LogP contribution >= 0.6 is 0 Å². The molecule has 11 N–H and O–H groups in total. The Morgan fingerprint density at radius 1 is 0.676 bits per heavy atom. The Morgan fingerprint density at radius 3 is 1.96 bits per heavy atom. The predicted molar refractivity (Wildman–Crippen MR) is 246 cm³/mol. The number of allylic oxidation sites excluding steroid dienone is 2. The third-order valence-corrected chi connectivity index (χ3v) is 19.9. The van der Waals surface area contributed by atoms with Gasteiger partial charge in [-0.25, -0.2) is 9.59 Å². The second kappa shape index (κ2) is 19.6. The number of aliphatic hydroxyl groups is 9. The molecule has 0 aromatic heterocycles. The van der Waals surface area contributed by atoms with Gasteiger partial charge in [-0.3, -0.25) is 0 Å². The molecule has 20 nitrogen and oxygen atoms in total. The van der Waals surface area contributed by atoms with E-state index in [-0.39, 0.29) is 57.5 Å². The van der Waals surface area contributed by atoms with Crippen LogP contribution in [-0.2, 0) is 42.7 Å². The second-order valence-corrected chi connectivity index (χ2v) is 24.4. The number of aliphatic carboxylic acids is 2. The van der Waals surface area contributed by atoms with Gasteiger partial charge in [-0.05, 0) is 104 Å². The highest BCUT2D eigenvalue weighted by atomic mass is 16.8. The summed E-state index contributed by atoms with van der Waals surface area (Å²) >= 11 is 0. The zero-order valence-corrected chi connectivity index (χ0v) is 42.2. The molecule has 5 aliphatic carbocycles. The molecule has 3 aliphatic heterocycles. The van der Waals surface area contributed by atoms with Gasteiger partial charge in [-0.2, -0.15) is 0 Å². The van der Waals surface area contributed by atoms with Gasteiger partial charge in [0.1, 0.15) is 67.1 Å². The van der Waals surface area contributed by atoms with E-state index in [4.69, 9.17) is 33.2 Å². The SMILES string of the molecule is C[C@@H]1O[C@@H](O[C@H]2[C@H](O[C@H]3[C@H](O[C@H]4CC[C@@]5(C)C(CC[C@]6(C)C5CC=C5C7CC(C)(C)CC(O/C=C/C(=O)O)[C@]7(C)CC[C@]56C)[C@@]4(C)CO)O[C@H](C(=O)O)[C@@H](O)[C@@H]3O)O[C@H](CO)[C@@H](O)[C@@H]2O)[C@H](O)[C@H](O)[C@H]1O. The molecule has 4 unspecified atom stereocenters. The maximum atomic E-state index is 12.5.